The van der Waals surface area contributed by atoms with Gasteiger partial charge in [-0.2, -0.15) is 0 Å². The van der Waals surface area contributed by atoms with Gasteiger partial charge < -0.3 is 18.2 Å². The predicted octanol–water partition coefficient (Wildman–Crippen LogP) is 12.0. The zero-order chi connectivity index (χ0) is 28.8. The normalized spacial score (nSPS) is 12.1. The van der Waals surface area contributed by atoms with E-state index in [4.69, 9.17) is 13.3 Å². The Bertz CT molecular complexity index is 2630. The molecule has 0 atom stereocenters. The fourth-order valence-electron chi connectivity index (χ4n) is 6.79. The number of hydrogen-bond acceptors (Lipinski definition) is 4. The van der Waals surface area contributed by atoms with Crippen LogP contribution >= 0.6 is 0 Å². The van der Waals surface area contributed by atoms with E-state index in [2.05, 4.69) is 120 Å². The first kappa shape index (κ1) is 23.6. The van der Waals surface area contributed by atoms with E-state index in [-0.39, 0.29) is 0 Å². The van der Waals surface area contributed by atoms with Crippen molar-refractivity contribution >= 4 is 93.7 Å². The smallest absolute Gasteiger partial charge is 0.143 e. The van der Waals surface area contributed by atoms with Gasteiger partial charge in [-0.1, -0.05) is 66.7 Å². The molecule has 0 saturated carbocycles. The van der Waals surface area contributed by atoms with E-state index in [9.17, 15) is 0 Å². The number of anilines is 3. The highest BCUT2D eigenvalue weighted by Crippen LogP contribution is 2.43. The van der Waals surface area contributed by atoms with Gasteiger partial charge in [0.15, 0.2) is 0 Å². The minimum Gasteiger partial charge on any atom is -0.456 e. The summed E-state index contributed by atoms with van der Waals surface area (Å²) >= 11 is 0. The van der Waals surface area contributed by atoms with Crippen LogP contribution in [0.15, 0.2) is 153 Å². The molecule has 3 heterocycles. The minimum atomic E-state index is 0.868. The number of fused-ring (bicyclic) bond motifs is 11. The highest BCUT2D eigenvalue weighted by atomic mass is 16.3. The van der Waals surface area contributed by atoms with Crippen molar-refractivity contribution in [3.63, 3.8) is 0 Å². The Labute approximate surface area is 250 Å². The molecule has 0 aliphatic rings. The standard InChI is InChI=1S/C40H23NO3/c1-2-8-28-24(7-1)13-17-31-34-23-27(16-20-39(34)44-40(28)31)41(25-14-18-37-32(21-25)29-9-3-5-11-35(29)42-37)26-15-19-38-33(22-26)30-10-4-6-12-36(30)43-38/h1-23H. The quantitative estimate of drug-likeness (QED) is 0.214. The summed E-state index contributed by atoms with van der Waals surface area (Å²) in [5.74, 6) is 0. The zero-order valence-electron chi connectivity index (χ0n) is 23.5. The first-order valence-electron chi connectivity index (χ1n) is 14.8. The Balaban J connectivity index is 1.24. The molecule has 0 aliphatic heterocycles. The van der Waals surface area contributed by atoms with Gasteiger partial charge in [-0.15, -0.1) is 0 Å². The van der Waals surface area contributed by atoms with Crippen LogP contribution < -0.4 is 4.90 Å². The van der Waals surface area contributed by atoms with Crippen molar-refractivity contribution in [2.45, 2.75) is 0 Å². The van der Waals surface area contributed by atoms with Gasteiger partial charge in [0, 0.05) is 54.8 Å². The maximum absolute atomic E-state index is 6.46. The maximum atomic E-state index is 6.46. The second kappa shape index (κ2) is 8.76. The molecule has 10 rings (SSSR count). The van der Waals surface area contributed by atoms with Gasteiger partial charge in [0.2, 0.25) is 0 Å². The number of nitrogens with zero attached hydrogens (tertiary/aromatic N) is 1. The number of furan rings is 3. The second-order valence-corrected chi connectivity index (χ2v) is 11.3. The lowest BCUT2D eigenvalue weighted by Gasteiger charge is -2.25. The Morgan fingerprint density at radius 3 is 1.36 bits per heavy atom. The molecule has 0 aliphatic carbocycles. The van der Waals surface area contributed by atoms with Gasteiger partial charge in [-0.25, -0.2) is 0 Å². The van der Waals surface area contributed by atoms with Crippen LogP contribution in [0.2, 0.25) is 0 Å². The lowest BCUT2D eigenvalue weighted by Crippen LogP contribution is -2.09. The topological polar surface area (TPSA) is 42.7 Å². The molecular weight excluding hydrogens is 542 g/mol. The number of rotatable bonds is 3. The Morgan fingerprint density at radius 2 is 0.773 bits per heavy atom. The second-order valence-electron chi connectivity index (χ2n) is 11.3. The number of benzene rings is 7. The van der Waals surface area contributed by atoms with Crippen molar-refractivity contribution in [3.8, 4) is 0 Å². The number of hydrogen-bond donors (Lipinski definition) is 0. The third-order valence-electron chi connectivity index (χ3n) is 8.84. The third kappa shape index (κ3) is 3.33. The van der Waals surface area contributed by atoms with Crippen LogP contribution in [0.25, 0.3) is 76.6 Å². The molecule has 0 bridgehead atoms. The third-order valence-corrected chi connectivity index (χ3v) is 8.84. The highest BCUT2D eigenvalue weighted by molar-refractivity contribution is 6.16. The molecule has 0 fully saturated rings. The molecule has 4 nitrogen and oxygen atoms in total. The van der Waals surface area contributed by atoms with Crippen molar-refractivity contribution in [1.82, 2.24) is 0 Å². The maximum Gasteiger partial charge on any atom is 0.143 e. The van der Waals surface area contributed by atoms with E-state index < -0.39 is 0 Å². The molecule has 0 unspecified atom stereocenters. The molecule has 3 aromatic heterocycles. The summed E-state index contributed by atoms with van der Waals surface area (Å²) < 4.78 is 18.8. The first-order chi connectivity index (χ1) is 21.8. The van der Waals surface area contributed by atoms with Crippen molar-refractivity contribution in [3.05, 3.63) is 140 Å². The summed E-state index contributed by atoms with van der Waals surface area (Å²) in [6.45, 7) is 0. The van der Waals surface area contributed by atoms with Crippen molar-refractivity contribution in [2.75, 3.05) is 4.90 Å². The molecule has 0 radical (unpaired) electrons. The largest absolute Gasteiger partial charge is 0.456 e. The van der Waals surface area contributed by atoms with Crippen molar-refractivity contribution in [2.24, 2.45) is 0 Å². The fraction of sp³-hybridized carbons (Fsp3) is 0. The summed E-state index contributed by atoms with van der Waals surface area (Å²) in [7, 11) is 0. The van der Waals surface area contributed by atoms with Crippen LogP contribution in [-0.4, -0.2) is 0 Å². The summed E-state index contributed by atoms with van der Waals surface area (Å²) in [6.07, 6.45) is 0. The molecule has 0 saturated heterocycles. The minimum absolute atomic E-state index is 0.868. The SMILES string of the molecule is c1ccc2c(c1)ccc1c3cc(N(c4ccc5oc6ccccc6c5c4)c4ccc5oc6ccccc6c5c4)ccc3oc21. The van der Waals surface area contributed by atoms with Crippen LogP contribution in [0.3, 0.4) is 0 Å². The Hall–Kier alpha value is -6.00. The van der Waals surface area contributed by atoms with Crippen LogP contribution in [0.5, 0.6) is 0 Å². The van der Waals surface area contributed by atoms with E-state index in [1.165, 1.54) is 5.39 Å². The summed E-state index contributed by atoms with van der Waals surface area (Å²) in [6, 6.07) is 48.5. The van der Waals surface area contributed by atoms with E-state index >= 15 is 0 Å². The number of para-hydroxylation sites is 2. The molecule has 7 aromatic carbocycles. The van der Waals surface area contributed by atoms with Gasteiger partial charge in [0.1, 0.15) is 33.5 Å². The highest BCUT2D eigenvalue weighted by Gasteiger charge is 2.19. The molecule has 206 valence electrons. The Morgan fingerprint density at radius 1 is 0.318 bits per heavy atom. The molecule has 0 amide bonds. The lowest BCUT2D eigenvalue weighted by molar-refractivity contribution is 0.668. The summed E-state index contributed by atoms with van der Waals surface area (Å²) in [4.78, 5) is 2.31. The van der Waals surface area contributed by atoms with Crippen molar-refractivity contribution in [1.29, 1.82) is 0 Å². The predicted molar refractivity (Wildman–Crippen MR) is 180 cm³/mol. The van der Waals surface area contributed by atoms with Gasteiger partial charge in [-0.05, 0) is 78.2 Å². The van der Waals surface area contributed by atoms with Gasteiger partial charge in [0.05, 0.1) is 0 Å². The van der Waals surface area contributed by atoms with E-state index in [0.29, 0.717) is 0 Å². The van der Waals surface area contributed by atoms with Crippen molar-refractivity contribution < 1.29 is 13.3 Å². The van der Waals surface area contributed by atoms with Gasteiger partial charge in [-0.3, -0.25) is 0 Å². The van der Waals surface area contributed by atoms with Crippen LogP contribution in [0.1, 0.15) is 0 Å². The van der Waals surface area contributed by atoms with E-state index in [1.807, 2.05) is 24.3 Å². The molecule has 4 heteroatoms. The summed E-state index contributed by atoms with van der Waals surface area (Å²) in [5.41, 5.74) is 8.40. The molecule has 44 heavy (non-hydrogen) atoms. The summed E-state index contributed by atoms with van der Waals surface area (Å²) in [5, 5.41) is 8.84. The Kier molecular flexibility index (Phi) is 4.69. The molecule has 0 spiro atoms. The van der Waals surface area contributed by atoms with Crippen LogP contribution in [0, 0.1) is 0 Å². The average molecular weight is 566 g/mol. The van der Waals surface area contributed by atoms with Gasteiger partial charge >= 0.3 is 0 Å². The van der Waals surface area contributed by atoms with Crippen LogP contribution in [-0.2, 0) is 0 Å². The fourth-order valence-corrected chi connectivity index (χ4v) is 6.79. The molecule has 0 N–H and O–H groups in total. The van der Waals surface area contributed by atoms with E-state index in [1.54, 1.807) is 0 Å². The monoisotopic (exact) mass is 565 g/mol. The molecular formula is C40H23NO3. The zero-order valence-corrected chi connectivity index (χ0v) is 23.5. The van der Waals surface area contributed by atoms with Gasteiger partial charge in [0.25, 0.3) is 0 Å². The lowest BCUT2D eigenvalue weighted by atomic mass is 10.0. The first-order valence-corrected chi connectivity index (χ1v) is 14.8. The van der Waals surface area contributed by atoms with E-state index in [0.717, 1.165) is 88.3 Å². The molecule has 10 aromatic rings. The van der Waals surface area contributed by atoms with Crippen LogP contribution in [0.4, 0.5) is 17.1 Å². The average Bonchev–Trinajstić information content (AvgIpc) is 3.76.